The van der Waals surface area contributed by atoms with Crippen molar-refractivity contribution in [3.8, 4) is 11.5 Å². The average Bonchev–Trinajstić information content (AvgIpc) is 3.36. The van der Waals surface area contributed by atoms with Gasteiger partial charge >= 0.3 is 0 Å². The molecule has 4 nitrogen and oxygen atoms in total. The first-order valence-electron chi connectivity index (χ1n) is 13.9. The van der Waals surface area contributed by atoms with Gasteiger partial charge in [0, 0.05) is 24.2 Å². The highest BCUT2D eigenvalue weighted by molar-refractivity contribution is 5.91. The van der Waals surface area contributed by atoms with E-state index in [1.54, 1.807) is 14.2 Å². The van der Waals surface area contributed by atoms with Crippen LogP contribution in [-0.2, 0) is 13.1 Å². The Bertz CT molecular complexity index is 1480. The maximum Gasteiger partial charge on any atom is 0.129 e. The van der Waals surface area contributed by atoms with E-state index in [4.69, 9.17) is 9.47 Å². The monoisotopic (exact) mass is 538 g/mol. The second kappa shape index (κ2) is 12.1. The highest BCUT2D eigenvalue weighted by Gasteiger charge is 2.40. The number of hydrogen-bond acceptors (Lipinski definition) is 4. The number of hydrogen-bond donors (Lipinski definition) is 0. The van der Waals surface area contributed by atoms with Gasteiger partial charge in [-0.05, 0) is 41.0 Å². The Hall–Kier alpha value is -4.96. The molecule has 5 aromatic carbocycles. The summed E-state index contributed by atoms with van der Waals surface area (Å²) in [4.78, 5) is 5.11. The van der Waals surface area contributed by atoms with Crippen LogP contribution < -0.4 is 9.47 Å². The van der Waals surface area contributed by atoms with Gasteiger partial charge in [-0.25, -0.2) is 0 Å². The van der Waals surface area contributed by atoms with Gasteiger partial charge < -0.3 is 19.3 Å². The van der Waals surface area contributed by atoms with Crippen molar-refractivity contribution >= 4 is 11.4 Å². The van der Waals surface area contributed by atoms with Crippen molar-refractivity contribution in [3.05, 3.63) is 167 Å². The number of rotatable bonds is 9. The molecular formula is C37H34N2O2. The van der Waals surface area contributed by atoms with E-state index in [-0.39, 0.29) is 6.17 Å². The molecule has 0 spiro atoms. The van der Waals surface area contributed by atoms with Gasteiger partial charge in [0.05, 0.1) is 25.6 Å². The van der Waals surface area contributed by atoms with E-state index in [1.165, 1.54) is 39.2 Å². The fourth-order valence-corrected chi connectivity index (χ4v) is 5.65. The third-order valence-electron chi connectivity index (χ3n) is 7.61. The lowest BCUT2D eigenvalue weighted by Crippen LogP contribution is -2.32. The SMILES string of the molecule is COc1ccc(CN2C(c3ccccc3)=C(c3ccccc3)N(Cc3ccc(OC)cc3)C2c2ccccc2)cc1. The molecule has 0 N–H and O–H groups in total. The average molecular weight is 539 g/mol. The lowest BCUT2D eigenvalue weighted by molar-refractivity contribution is 0.156. The molecule has 0 saturated heterocycles. The van der Waals surface area contributed by atoms with Gasteiger partial charge in [-0.3, -0.25) is 0 Å². The standard InChI is InChI=1S/C37H34N2O2/c1-40-33-22-18-28(19-23-33)26-38-35(30-12-6-3-7-13-30)36(31-14-8-4-9-15-31)39(37(38)32-16-10-5-11-17-32)27-29-20-24-34(41-2)25-21-29/h3-25,37H,26-27H2,1-2H3. The van der Waals surface area contributed by atoms with E-state index in [9.17, 15) is 0 Å². The fourth-order valence-electron chi connectivity index (χ4n) is 5.65. The molecule has 0 radical (unpaired) electrons. The minimum absolute atomic E-state index is 0.0224. The maximum atomic E-state index is 5.45. The fraction of sp³-hybridized carbons (Fsp3) is 0.135. The summed E-state index contributed by atoms with van der Waals surface area (Å²) in [6.07, 6.45) is -0.0224. The van der Waals surface area contributed by atoms with Crippen molar-refractivity contribution in [2.24, 2.45) is 0 Å². The van der Waals surface area contributed by atoms with Crippen molar-refractivity contribution < 1.29 is 9.47 Å². The van der Waals surface area contributed by atoms with E-state index >= 15 is 0 Å². The second-order valence-corrected chi connectivity index (χ2v) is 10.2. The zero-order valence-corrected chi connectivity index (χ0v) is 23.5. The quantitative estimate of drug-likeness (QED) is 0.189. The van der Waals surface area contributed by atoms with Crippen LogP contribution in [-0.4, -0.2) is 24.0 Å². The van der Waals surface area contributed by atoms with Gasteiger partial charge in [-0.15, -0.1) is 0 Å². The number of ether oxygens (including phenoxy) is 2. The summed E-state index contributed by atoms with van der Waals surface area (Å²) in [5.74, 6) is 1.72. The largest absolute Gasteiger partial charge is 0.497 e. The predicted octanol–water partition coefficient (Wildman–Crippen LogP) is 8.25. The molecule has 0 unspecified atom stereocenters. The third kappa shape index (κ3) is 5.55. The zero-order chi connectivity index (χ0) is 28.0. The van der Waals surface area contributed by atoms with Crippen LogP contribution in [0.5, 0.6) is 11.5 Å². The van der Waals surface area contributed by atoms with Crippen LogP contribution in [0.15, 0.2) is 140 Å². The van der Waals surface area contributed by atoms with Crippen LogP contribution >= 0.6 is 0 Å². The lowest BCUT2D eigenvalue weighted by atomic mass is 10.0. The summed E-state index contributed by atoms with van der Waals surface area (Å²) in [5, 5.41) is 0. The molecule has 5 aromatic rings. The number of benzene rings is 5. The molecule has 41 heavy (non-hydrogen) atoms. The van der Waals surface area contributed by atoms with Gasteiger partial charge in [-0.1, -0.05) is 115 Å². The third-order valence-corrected chi connectivity index (χ3v) is 7.61. The summed E-state index contributed by atoms with van der Waals surface area (Å²) in [5.41, 5.74) is 8.51. The Kier molecular flexibility index (Phi) is 7.72. The number of methoxy groups -OCH3 is 2. The molecule has 6 rings (SSSR count). The summed E-state index contributed by atoms with van der Waals surface area (Å²) in [6.45, 7) is 1.48. The zero-order valence-electron chi connectivity index (χ0n) is 23.5. The molecule has 0 aliphatic carbocycles. The highest BCUT2D eigenvalue weighted by atomic mass is 16.5. The smallest absolute Gasteiger partial charge is 0.129 e. The van der Waals surface area contributed by atoms with Crippen LogP contribution in [0.4, 0.5) is 0 Å². The Morgan fingerprint density at radius 2 is 0.829 bits per heavy atom. The number of nitrogens with zero attached hydrogens (tertiary/aromatic N) is 2. The molecule has 0 aromatic heterocycles. The molecule has 0 saturated carbocycles. The summed E-state index contributed by atoms with van der Waals surface area (Å²) >= 11 is 0. The van der Waals surface area contributed by atoms with Crippen LogP contribution in [0, 0.1) is 0 Å². The van der Waals surface area contributed by atoms with E-state index in [0.29, 0.717) is 0 Å². The first-order chi connectivity index (χ1) is 20.2. The summed E-state index contributed by atoms with van der Waals surface area (Å²) < 4.78 is 10.9. The Morgan fingerprint density at radius 1 is 0.463 bits per heavy atom. The predicted molar refractivity (Wildman–Crippen MR) is 166 cm³/mol. The van der Waals surface area contributed by atoms with Crippen molar-refractivity contribution in [1.29, 1.82) is 0 Å². The lowest BCUT2D eigenvalue weighted by Gasteiger charge is -2.36. The summed E-state index contributed by atoms with van der Waals surface area (Å²) in [6, 6.07) is 49.2. The molecule has 1 heterocycles. The summed E-state index contributed by atoms with van der Waals surface area (Å²) in [7, 11) is 3.42. The molecule has 0 amide bonds. The maximum absolute atomic E-state index is 5.45. The Balaban J connectivity index is 1.56. The minimum Gasteiger partial charge on any atom is -0.497 e. The highest BCUT2D eigenvalue weighted by Crippen LogP contribution is 2.49. The van der Waals surface area contributed by atoms with Crippen molar-refractivity contribution in [1.82, 2.24) is 9.80 Å². The van der Waals surface area contributed by atoms with Gasteiger partial charge in [0.15, 0.2) is 0 Å². The molecule has 0 bridgehead atoms. The molecule has 1 aliphatic rings. The van der Waals surface area contributed by atoms with E-state index in [1.807, 2.05) is 24.3 Å². The molecule has 204 valence electrons. The molecule has 0 fully saturated rings. The first-order valence-corrected chi connectivity index (χ1v) is 13.9. The van der Waals surface area contributed by atoms with Crippen LogP contribution in [0.2, 0.25) is 0 Å². The van der Waals surface area contributed by atoms with Crippen molar-refractivity contribution in [2.45, 2.75) is 19.3 Å². The molecule has 1 aliphatic heterocycles. The van der Waals surface area contributed by atoms with Crippen molar-refractivity contribution in [3.63, 3.8) is 0 Å². The van der Waals surface area contributed by atoms with Gasteiger partial charge in [0.1, 0.15) is 17.7 Å². The normalized spacial score (nSPS) is 13.5. The van der Waals surface area contributed by atoms with Crippen LogP contribution in [0.3, 0.4) is 0 Å². The van der Waals surface area contributed by atoms with Gasteiger partial charge in [-0.2, -0.15) is 0 Å². The molecular weight excluding hydrogens is 504 g/mol. The van der Waals surface area contributed by atoms with E-state index < -0.39 is 0 Å². The molecule has 4 heteroatoms. The minimum atomic E-state index is -0.0224. The van der Waals surface area contributed by atoms with Crippen LogP contribution in [0.25, 0.3) is 11.4 Å². The second-order valence-electron chi connectivity index (χ2n) is 10.2. The first kappa shape index (κ1) is 26.3. The van der Waals surface area contributed by atoms with Gasteiger partial charge in [0.25, 0.3) is 0 Å². The molecule has 0 atom stereocenters. The van der Waals surface area contributed by atoms with Crippen molar-refractivity contribution in [2.75, 3.05) is 14.2 Å². The Labute approximate surface area is 242 Å². The Morgan fingerprint density at radius 3 is 1.20 bits per heavy atom. The topological polar surface area (TPSA) is 24.9 Å². The van der Waals surface area contributed by atoms with Gasteiger partial charge in [0.2, 0.25) is 0 Å². The van der Waals surface area contributed by atoms with E-state index in [2.05, 4.69) is 125 Å². The van der Waals surface area contributed by atoms with E-state index in [0.717, 1.165) is 24.6 Å². The van der Waals surface area contributed by atoms with Crippen LogP contribution in [0.1, 0.15) is 34.0 Å².